The Hall–Kier alpha value is -10.1. The van der Waals surface area contributed by atoms with Crippen molar-refractivity contribution >= 4 is 129 Å². The lowest BCUT2D eigenvalue weighted by atomic mass is 9.08. The Morgan fingerprint density at radius 2 is 0.896 bits per heavy atom. The Labute approximate surface area is 819 Å². The number of ether oxygens (including phenoxy) is 11. The number of nitrogens with one attached hydrogen (secondary N) is 1. The van der Waals surface area contributed by atoms with E-state index in [9.17, 15) is 65.0 Å². The predicted octanol–water partition coefficient (Wildman–Crippen LogP) is 19.0. The number of carboxylic acid groups (broad SMARTS) is 1. The molecule has 10 rings (SSSR count). The fourth-order valence-electron chi connectivity index (χ4n) is 14.2. The first-order valence-electron chi connectivity index (χ1n) is 48.8. The zero-order valence-electron chi connectivity index (χ0n) is 91.5. The normalized spacial score (nSPS) is 20.4. The molecule has 6 aromatic rings. The maximum absolute atomic E-state index is 15.0. The van der Waals surface area contributed by atoms with E-state index in [-0.39, 0.29) is 85.4 Å². The number of aliphatic hydroxyl groups is 1. The van der Waals surface area contributed by atoms with Gasteiger partial charge in [-0.2, -0.15) is 26.3 Å². The largest absolute Gasteiger partial charge is 0.497 e. The fourth-order valence-corrected chi connectivity index (χ4v) is 14.5. The molecule has 4 fully saturated rings. The lowest BCUT2D eigenvalue weighted by Gasteiger charge is -2.31. The summed E-state index contributed by atoms with van der Waals surface area (Å²) in [7, 11) is 18.5. The Kier molecular flexibility index (Phi) is 39.2. The second-order valence-electron chi connectivity index (χ2n) is 38.3. The van der Waals surface area contributed by atoms with Gasteiger partial charge in [0.05, 0.1) is 86.0 Å². The third kappa shape index (κ3) is 34.8. The van der Waals surface area contributed by atoms with E-state index in [0.29, 0.717) is 77.2 Å². The molecule has 41 heteroatoms. The second kappa shape index (κ2) is 48.7. The Morgan fingerprint density at radius 3 is 1.26 bits per heavy atom. The first-order chi connectivity index (χ1) is 66.8. The first kappa shape index (κ1) is 109. The number of aliphatic carboxylic acids is 1. The van der Waals surface area contributed by atoms with Gasteiger partial charge in [-0.3, -0.25) is 24.2 Å². The van der Waals surface area contributed by atoms with E-state index >= 15 is 0 Å². The van der Waals surface area contributed by atoms with Crippen molar-refractivity contribution in [2.24, 2.45) is 35.0 Å². The van der Waals surface area contributed by atoms with Crippen LogP contribution in [0.25, 0.3) is 33.1 Å². The monoisotopic (exact) mass is 1960 g/mol. The van der Waals surface area contributed by atoms with Crippen LogP contribution >= 0.6 is 24.0 Å². The summed E-state index contributed by atoms with van der Waals surface area (Å²) in [5, 5.41) is 22.1. The lowest BCUT2D eigenvalue weighted by molar-refractivity contribution is -0.162. The van der Waals surface area contributed by atoms with E-state index in [1.165, 1.54) is 37.2 Å². The highest BCUT2D eigenvalue weighted by molar-refractivity contribution is 7.49. The molecule has 750 valence electrons. The van der Waals surface area contributed by atoms with Crippen molar-refractivity contribution in [3.63, 3.8) is 0 Å². The van der Waals surface area contributed by atoms with E-state index < -0.39 is 171 Å². The summed E-state index contributed by atoms with van der Waals surface area (Å²) in [5.74, 6) is -13.9. The molecule has 3 aliphatic heterocycles. The number of nitrogens with zero attached hydrogens (tertiary/aromatic N) is 8. The summed E-state index contributed by atoms with van der Waals surface area (Å²) >= 11 is 5.72. The van der Waals surface area contributed by atoms with Crippen molar-refractivity contribution in [3.05, 3.63) is 127 Å². The molecule has 6 radical (unpaired) electrons. The molecular formula is C94H141B4Cl2F6N9O20. The molecule has 3 N–H and O–H groups in total. The zero-order valence-corrected chi connectivity index (χ0v) is 83.1. The molecular weight excluding hydrogens is 1800 g/mol. The number of rotatable bonds is 26. The quantitative estimate of drug-likeness (QED) is 0.0149. The summed E-state index contributed by atoms with van der Waals surface area (Å²) in [6.07, 6.45) is 3.35. The predicted molar refractivity (Wildman–Crippen MR) is 520 cm³/mol. The summed E-state index contributed by atoms with van der Waals surface area (Å²) in [6.45, 7) is 50.7. The van der Waals surface area contributed by atoms with Gasteiger partial charge in [0.1, 0.15) is 81.7 Å². The molecule has 1 aliphatic carbocycles. The molecule has 4 aliphatic rings. The van der Waals surface area contributed by atoms with Gasteiger partial charge in [0.2, 0.25) is 11.8 Å². The van der Waals surface area contributed by atoms with Gasteiger partial charge in [-0.05, 0) is 208 Å². The Bertz CT molecular complexity index is 5150. The van der Waals surface area contributed by atoms with Crippen LogP contribution in [-0.4, -0.2) is 233 Å². The zero-order chi connectivity index (χ0) is 112. The minimum absolute atomic E-state index is 0. The van der Waals surface area contributed by atoms with Crippen molar-refractivity contribution in [1.82, 2.24) is 45.0 Å². The number of aromatic nitrogens is 6. The molecule has 0 spiro atoms. The number of amides is 2. The maximum atomic E-state index is 15.0. The van der Waals surface area contributed by atoms with Gasteiger partial charge in [0.15, 0.2) is 22.2 Å². The van der Waals surface area contributed by atoms with Crippen LogP contribution in [0.3, 0.4) is 0 Å². The van der Waals surface area contributed by atoms with E-state index in [1.807, 2.05) is 47.6 Å². The van der Waals surface area contributed by atoms with Crippen LogP contribution in [0.2, 0.25) is 5.15 Å². The smallest absolute Gasteiger partial charge is 0.411 e. The van der Waals surface area contributed by atoms with Crippen LogP contribution in [0, 0.1) is 35.0 Å². The van der Waals surface area contributed by atoms with E-state index in [1.54, 1.807) is 152 Å². The average molecular weight is 1960 g/mol. The van der Waals surface area contributed by atoms with Crippen LogP contribution in [-0.2, 0) is 70.2 Å². The third-order valence-corrected chi connectivity index (χ3v) is 20.9. The lowest BCUT2D eigenvalue weighted by Crippen LogP contribution is -2.47. The van der Waals surface area contributed by atoms with Crippen molar-refractivity contribution in [3.8, 4) is 29.0 Å². The minimum Gasteiger partial charge on any atom is -0.497 e. The van der Waals surface area contributed by atoms with E-state index in [0.717, 1.165) is 19.3 Å². The number of benzene rings is 3. The Morgan fingerprint density at radius 1 is 0.533 bits per heavy atom. The molecule has 3 saturated heterocycles. The van der Waals surface area contributed by atoms with Gasteiger partial charge in [-0.1, -0.05) is 79.0 Å². The van der Waals surface area contributed by atoms with Gasteiger partial charge in [-0.15, -0.1) is 19.0 Å². The van der Waals surface area contributed by atoms with Crippen LogP contribution in [0.1, 0.15) is 224 Å². The number of allylic oxidation sites excluding steroid dienone is 4. The molecule has 6 heterocycles. The third-order valence-electron chi connectivity index (χ3n) is 20.6. The molecule has 3 aromatic carbocycles. The maximum Gasteiger partial charge on any atom is 0.411 e. The molecule has 12 atom stereocenters. The number of β-amino-alcohol motifs (C(OH)–C–C–N with tert-alkyl or cyclic N) is 1. The van der Waals surface area contributed by atoms with Crippen LogP contribution < -0.4 is 29.0 Å². The van der Waals surface area contributed by atoms with E-state index in [2.05, 4.69) is 84.7 Å². The average Bonchev–Trinajstić information content (AvgIpc) is 1.52. The number of carbonyl (C=O) groups excluding carboxylic acids is 6. The molecule has 2 amide bonds. The number of aliphatic hydroxyl groups excluding tert-OH is 1. The number of methoxy groups -OCH3 is 3. The highest BCUT2D eigenvalue weighted by atomic mass is 35.5. The molecule has 1 saturated carbocycles. The number of alkyl halides is 6. The molecule has 0 unspecified atom stereocenters. The SMILES string of the molecule is C=CC(F)(F)c1nc2ccc(OC)cc2nc1Cl.C=CC(F)(F)c1nc2ccc(OC)cc2nc1O[C@H]1CN(C(=O)OC(C)(C)C)[C@H](C(=O)OC(C)(C)C)[C@@H]1CC.C=CC(F)(F)c1nc2ccc(OC)cc2nc1O[C@H]1CN[C@H](C(=O)OC(C)(C)C)[C@@H]1CC.C=CCC[C@@H]1C[C@H]1OC(=O)C[C@H](C(=O)O)C(C)(C)C.CC[C@H]1[C@@H](C(=O)OC(C)(C)C)N(C(=O)OC(C)(C)C)C[C@@H]1O.Cl.[2HH].[2H][2H].[2H][2H].[2H][2H].[2H][2H].[2H][2H].[B]B([B])[B]. The Balaban J connectivity index is -0.00000173. The van der Waals surface area contributed by atoms with Gasteiger partial charge in [0.25, 0.3) is 0 Å². The molecule has 29 nitrogen and oxygen atoms in total. The fraction of sp³-hybridized carbons (Fsp3) is 0.585. The number of halogens is 8. The highest BCUT2D eigenvalue weighted by Crippen LogP contribution is 2.44. The van der Waals surface area contributed by atoms with Crippen molar-refractivity contribution in [2.45, 2.75) is 279 Å². The number of esters is 4. The summed E-state index contributed by atoms with van der Waals surface area (Å²) < 4.78 is 196. The summed E-state index contributed by atoms with van der Waals surface area (Å²) in [5.41, 5.74) is -4.20. The number of carboxylic acids is 1. The van der Waals surface area contributed by atoms with Gasteiger partial charge >= 0.3 is 59.8 Å². The standard InChI is InChI=1S/C28H37F2N3O6.C23H29F2N3O4.C16H29NO5.C15H24O4.C12H9ClF2N2O.B4.ClH.6H2/c1-10-17-20(15-33(25(35)39-27(6,7)8)21(17)24(34)38-26(3,4)5)37-23-22(28(29,30)11-2)31-18-13-12-16(36-9)14-19(18)32-23;1-7-14-17(12-26-18(14)21(29)32-22(3,4)5)31-20-19(23(24,25)8-2)27-15-10-9-13(30-6)11-16(15)28-20;1-8-10-11(18)9-17(14(20)22-16(5,6)7)12(10)13(19)21-15(2,3)4;1-5-6-7-10-8-12(10)19-13(16)9-11(14(17)18)15(2,3)4;1-3-12(14,15)10-11(13)17-9-6-7(18-2)4-5-8(9)16-10;1-4(2)3;;;;;;;/h11-14,17,20-21H,2,10,15H2,1,3-9H3;8-11,14,17-18,26H,2,7,12H2,1,3-6H3;10-12,18H,8-9H2,1-7H3;5,10-12H,1,6-9H2,2-4H3,(H,17,18);3-6H,1H2,2H3;;7*1H/t17-,20+,21+;14-,17+,18+;10-,11+,12+;10-,11-,12-;;;;;;;;;/m1111........./s1/i;;;;;;;5*1+1D;1+1. The topological polar surface area (TPSA) is 357 Å². The van der Waals surface area contributed by atoms with Crippen molar-refractivity contribution in [1.29, 1.82) is 0 Å². The molecule has 0 bridgehead atoms. The van der Waals surface area contributed by atoms with Gasteiger partial charge < -0.3 is 67.6 Å². The van der Waals surface area contributed by atoms with Crippen LogP contribution in [0.15, 0.2) is 105 Å². The molecule has 135 heavy (non-hydrogen) atoms. The van der Waals surface area contributed by atoms with Gasteiger partial charge in [0, 0.05) is 88.4 Å². The first-order valence-corrected chi connectivity index (χ1v) is 44.2. The highest BCUT2D eigenvalue weighted by Gasteiger charge is 2.54. The number of fused-ring (bicyclic) bond motifs is 3. The van der Waals surface area contributed by atoms with Crippen LogP contribution in [0.4, 0.5) is 35.9 Å². The van der Waals surface area contributed by atoms with E-state index in [4.69, 9.17) is 83.7 Å². The van der Waals surface area contributed by atoms with Crippen molar-refractivity contribution < 1.29 is 138 Å². The molecule has 3 aromatic heterocycles. The number of carbonyl (C=O) groups is 7. The van der Waals surface area contributed by atoms with Crippen molar-refractivity contribution in [2.75, 3.05) is 41.0 Å². The minimum atomic E-state index is -3.56. The van der Waals surface area contributed by atoms with Crippen LogP contribution in [0.5, 0.6) is 29.0 Å². The number of likely N-dealkylation sites (tertiary alicyclic amines) is 2. The second-order valence-corrected chi connectivity index (χ2v) is 38.7. The number of hydrogen-bond acceptors (Lipinski definition) is 26. The van der Waals surface area contributed by atoms with Gasteiger partial charge in [-0.25, -0.2) is 49.1 Å². The summed E-state index contributed by atoms with van der Waals surface area (Å²) in [4.78, 5) is 114. The summed E-state index contributed by atoms with van der Waals surface area (Å²) in [6, 6.07) is 11.7. The number of hydrogen-bond donors (Lipinski definition) is 3.